The van der Waals surface area contributed by atoms with Crippen molar-refractivity contribution in [3.05, 3.63) is 35.9 Å². The van der Waals surface area contributed by atoms with Gasteiger partial charge in [-0.1, -0.05) is 18.2 Å². The van der Waals surface area contributed by atoms with Crippen LogP contribution in [0.1, 0.15) is 5.56 Å². The van der Waals surface area contributed by atoms with Crippen LogP contribution in [0.2, 0.25) is 0 Å². The van der Waals surface area contributed by atoms with Crippen LogP contribution in [0.15, 0.2) is 30.3 Å². The van der Waals surface area contributed by atoms with Gasteiger partial charge in [-0.25, -0.2) is 0 Å². The topological polar surface area (TPSA) is 80.7 Å². The van der Waals surface area contributed by atoms with E-state index in [0.717, 1.165) is 0 Å². The van der Waals surface area contributed by atoms with E-state index in [4.69, 9.17) is 4.55 Å². The maximum atomic E-state index is 10.4. The lowest BCUT2D eigenvalue weighted by atomic mass is 10.2. The Balaban J connectivity index is 2.92. The van der Waals surface area contributed by atoms with Gasteiger partial charge in [0.15, 0.2) is 0 Å². The van der Waals surface area contributed by atoms with Gasteiger partial charge >= 0.3 is 10.4 Å². The van der Waals surface area contributed by atoms with E-state index in [9.17, 15) is 13.2 Å². The number of allylic oxidation sites excluding steroid dienone is 1. The van der Waals surface area contributed by atoms with Gasteiger partial charge in [0, 0.05) is 0 Å². The van der Waals surface area contributed by atoms with Crippen molar-refractivity contribution in [2.75, 3.05) is 0 Å². The van der Waals surface area contributed by atoms with Crippen molar-refractivity contribution in [2.45, 2.75) is 0 Å². The molecule has 80 valence electrons. The van der Waals surface area contributed by atoms with Gasteiger partial charge in [0.1, 0.15) is 12.0 Å². The van der Waals surface area contributed by atoms with E-state index in [1.807, 2.05) is 0 Å². The summed E-state index contributed by atoms with van der Waals surface area (Å²) in [7, 11) is -4.51. The minimum Gasteiger partial charge on any atom is -0.362 e. The van der Waals surface area contributed by atoms with Crippen molar-refractivity contribution in [3.63, 3.8) is 0 Å². The molecule has 1 aromatic carbocycles. The normalized spacial score (nSPS) is 11.5. The second-order valence-electron chi connectivity index (χ2n) is 2.58. The SMILES string of the molecule is O=C/C=C/c1cccc(OS(=O)(=O)O)c1. The zero-order chi connectivity index (χ0) is 11.3. The molecule has 0 aromatic heterocycles. The molecule has 0 atom stereocenters. The van der Waals surface area contributed by atoms with Gasteiger partial charge in [0.25, 0.3) is 0 Å². The van der Waals surface area contributed by atoms with E-state index in [1.54, 1.807) is 6.07 Å². The molecule has 0 fully saturated rings. The molecule has 0 aliphatic carbocycles. The van der Waals surface area contributed by atoms with E-state index < -0.39 is 10.4 Å². The van der Waals surface area contributed by atoms with E-state index in [-0.39, 0.29) is 5.75 Å². The summed E-state index contributed by atoms with van der Waals surface area (Å²) in [6.45, 7) is 0. The fourth-order valence-corrected chi connectivity index (χ4v) is 1.29. The Morgan fingerprint density at radius 1 is 1.33 bits per heavy atom. The van der Waals surface area contributed by atoms with Crippen LogP contribution in [0.25, 0.3) is 6.08 Å². The predicted octanol–water partition coefficient (Wildman–Crippen LogP) is 1.08. The number of carbonyl (C=O) groups excluding carboxylic acids is 1. The summed E-state index contributed by atoms with van der Waals surface area (Å²) in [6.07, 6.45) is 3.33. The van der Waals surface area contributed by atoms with Crippen LogP contribution < -0.4 is 4.18 Å². The first-order valence-corrected chi connectivity index (χ1v) is 5.26. The van der Waals surface area contributed by atoms with Crippen molar-refractivity contribution in [2.24, 2.45) is 0 Å². The summed E-state index contributed by atoms with van der Waals surface area (Å²) in [5, 5.41) is 0. The van der Waals surface area contributed by atoms with Crippen LogP contribution in [0.3, 0.4) is 0 Å². The van der Waals surface area contributed by atoms with Crippen LogP contribution in [-0.4, -0.2) is 19.3 Å². The van der Waals surface area contributed by atoms with E-state index in [0.29, 0.717) is 11.8 Å². The van der Waals surface area contributed by atoms with Crippen molar-refractivity contribution in [1.82, 2.24) is 0 Å². The van der Waals surface area contributed by atoms with E-state index in [2.05, 4.69) is 4.18 Å². The summed E-state index contributed by atoms with van der Waals surface area (Å²) in [4.78, 5) is 10.0. The number of aldehydes is 1. The molecule has 0 aliphatic heterocycles. The molecular formula is C9H8O5S. The van der Waals surface area contributed by atoms with Crippen molar-refractivity contribution in [3.8, 4) is 5.75 Å². The number of carbonyl (C=O) groups is 1. The molecule has 0 saturated heterocycles. The third-order valence-electron chi connectivity index (χ3n) is 1.43. The third kappa shape index (κ3) is 4.39. The Morgan fingerprint density at radius 3 is 2.67 bits per heavy atom. The summed E-state index contributed by atoms with van der Waals surface area (Å²) in [5.74, 6) is -0.0226. The minimum absolute atomic E-state index is 0.0226. The fraction of sp³-hybridized carbons (Fsp3) is 0. The van der Waals surface area contributed by atoms with Crippen LogP contribution in [-0.2, 0) is 15.2 Å². The largest absolute Gasteiger partial charge is 0.446 e. The highest BCUT2D eigenvalue weighted by Crippen LogP contribution is 2.15. The fourth-order valence-electron chi connectivity index (χ4n) is 0.942. The molecule has 1 rings (SSSR count). The molecule has 0 aliphatic rings. The van der Waals surface area contributed by atoms with Gasteiger partial charge in [-0.2, -0.15) is 8.42 Å². The molecule has 1 N–H and O–H groups in total. The van der Waals surface area contributed by atoms with Gasteiger partial charge < -0.3 is 4.18 Å². The van der Waals surface area contributed by atoms with E-state index in [1.165, 1.54) is 30.4 Å². The lowest BCUT2D eigenvalue weighted by molar-refractivity contribution is -0.104. The summed E-state index contributed by atoms with van der Waals surface area (Å²) >= 11 is 0. The Bertz CT molecular complexity index is 475. The summed E-state index contributed by atoms with van der Waals surface area (Å²) in [5.41, 5.74) is 0.586. The van der Waals surface area contributed by atoms with Gasteiger partial charge in [-0.15, -0.1) is 0 Å². The molecule has 15 heavy (non-hydrogen) atoms. The van der Waals surface area contributed by atoms with Crippen molar-refractivity contribution < 1.29 is 21.9 Å². The second kappa shape index (κ2) is 4.72. The quantitative estimate of drug-likeness (QED) is 0.474. The molecule has 0 saturated carbocycles. The summed E-state index contributed by atoms with van der Waals surface area (Å²) < 4.78 is 33.4. The maximum Gasteiger partial charge on any atom is 0.446 e. The highest BCUT2D eigenvalue weighted by atomic mass is 32.3. The average molecular weight is 228 g/mol. The lowest BCUT2D eigenvalue weighted by Crippen LogP contribution is -2.06. The van der Waals surface area contributed by atoms with Gasteiger partial charge in [-0.3, -0.25) is 9.35 Å². The molecule has 0 unspecified atom stereocenters. The Hall–Kier alpha value is -1.66. The van der Waals surface area contributed by atoms with Crippen LogP contribution >= 0.6 is 0 Å². The first-order valence-electron chi connectivity index (χ1n) is 3.90. The maximum absolute atomic E-state index is 10.4. The molecular weight excluding hydrogens is 220 g/mol. The standard InChI is InChI=1S/C9H8O5S/c10-6-2-4-8-3-1-5-9(7-8)14-15(11,12)13/h1-7H,(H,11,12,13)/b4-2+. The molecule has 0 spiro atoms. The highest BCUT2D eigenvalue weighted by Gasteiger charge is 2.05. The highest BCUT2D eigenvalue weighted by molar-refractivity contribution is 7.81. The second-order valence-corrected chi connectivity index (χ2v) is 3.60. The summed E-state index contributed by atoms with van der Waals surface area (Å²) in [6, 6.07) is 5.92. The first kappa shape index (κ1) is 11.4. The van der Waals surface area contributed by atoms with E-state index >= 15 is 0 Å². The van der Waals surface area contributed by atoms with Gasteiger partial charge in [-0.05, 0) is 23.8 Å². The predicted molar refractivity (Wildman–Crippen MR) is 53.7 cm³/mol. The van der Waals surface area contributed by atoms with Crippen molar-refractivity contribution >= 4 is 22.8 Å². The van der Waals surface area contributed by atoms with Gasteiger partial charge in [0.05, 0.1) is 0 Å². The lowest BCUT2D eigenvalue weighted by Gasteiger charge is -2.01. The number of rotatable bonds is 4. The molecule has 0 bridgehead atoms. The van der Waals surface area contributed by atoms with Gasteiger partial charge in [0.2, 0.25) is 0 Å². The minimum atomic E-state index is -4.51. The number of hydrogen-bond acceptors (Lipinski definition) is 4. The number of hydrogen-bond donors (Lipinski definition) is 1. The smallest absolute Gasteiger partial charge is 0.362 e. The third-order valence-corrected chi connectivity index (χ3v) is 1.83. The van der Waals surface area contributed by atoms with Crippen LogP contribution in [0.4, 0.5) is 0 Å². The van der Waals surface area contributed by atoms with Crippen LogP contribution in [0.5, 0.6) is 5.75 Å². The monoisotopic (exact) mass is 228 g/mol. The molecule has 1 aromatic rings. The Morgan fingerprint density at radius 2 is 2.07 bits per heavy atom. The molecule has 0 heterocycles. The number of benzene rings is 1. The molecule has 0 amide bonds. The van der Waals surface area contributed by atoms with Crippen LogP contribution in [0, 0.1) is 0 Å². The zero-order valence-electron chi connectivity index (χ0n) is 7.53. The first-order chi connectivity index (χ1) is 7.01. The molecule has 0 radical (unpaired) electrons. The Kier molecular flexibility index (Phi) is 3.59. The average Bonchev–Trinajstić information content (AvgIpc) is 2.12. The Labute approximate surface area is 86.9 Å². The van der Waals surface area contributed by atoms with Crippen molar-refractivity contribution in [1.29, 1.82) is 0 Å². The molecule has 6 heteroatoms. The molecule has 5 nitrogen and oxygen atoms in total. The zero-order valence-corrected chi connectivity index (χ0v) is 8.35.